The number of nitrogens with zero attached hydrogens (tertiary/aromatic N) is 1. The largest absolute Gasteiger partial charge is 0.433 e. The summed E-state index contributed by atoms with van der Waals surface area (Å²) < 4.78 is 36.9. The fourth-order valence-electron chi connectivity index (χ4n) is 1.04. The van der Waals surface area contributed by atoms with E-state index < -0.39 is 29.6 Å². The molecule has 1 rings (SSSR count). The Kier molecular flexibility index (Phi) is 3.58. The summed E-state index contributed by atoms with van der Waals surface area (Å²) in [5, 5.41) is 23.3. The van der Waals surface area contributed by atoms with Crippen LogP contribution in [0, 0.1) is 0 Å². The minimum absolute atomic E-state index is 0.371. The molecule has 0 aliphatic rings. The molecule has 2 unspecified atom stereocenters. The molecule has 0 bridgehead atoms. The van der Waals surface area contributed by atoms with Crippen LogP contribution in [0.25, 0.3) is 0 Å². The van der Waals surface area contributed by atoms with Gasteiger partial charge in [-0.3, -0.25) is 5.10 Å². The average Bonchev–Trinajstić information content (AvgIpc) is 2.63. The summed E-state index contributed by atoms with van der Waals surface area (Å²) in [4.78, 5) is 0. The number of hydrogen-bond donors (Lipinski definition) is 3. The Bertz CT molecular complexity index is 328. The first-order chi connectivity index (χ1) is 6.88. The Morgan fingerprint density at radius 1 is 1.47 bits per heavy atom. The van der Waals surface area contributed by atoms with Crippen LogP contribution >= 0.6 is 11.6 Å². The van der Waals surface area contributed by atoms with E-state index in [2.05, 4.69) is 5.10 Å². The van der Waals surface area contributed by atoms with Crippen molar-refractivity contribution in [3.05, 3.63) is 17.5 Å². The van der Waals surface area contributed by atoms with E-state index in [1.165, 1.54) is 0 Å². The zero-order valence-corrected chi connectivity index (χ0v) is 8.05. The van der Waals surface area contributed by atoms with Crippen LogP contribution in [0.4, 0.5) is 13.2 Å². The van der Waals surface area contributed by atoms with Crippen molar-refractivity contribution in [2.75, 3.05) is 5.88 Å². The van der Waals surface area contributed by atoms with Crippen LogP contribution in [0.5, 0.6) is 0 Å². The predicted octanol–water partition coefficient (Wildman–Crippen LogP) is 1.06. The molecule has 0 amide bonds. The number of aromatic nitrogens is 2. The molecule has 2 atom stereocenters. The summed E-state index contributed by atoms with van der Waals surface area (Å²) in [6.07, 6.45) is -7.02. The van der Waals surface area contributed by atoms with Gasteiger partial charge in [-0.15, -0.1) is 11.6 Å². The van der Waals surface area contributed by atoms with Crippen molar-refractivity contribution in [1.29, 1.82) is 0 Å². The number of rotatable bonds is 3. The highest BCUT2D eigenvalue weighted by Crippen LogP contribution is 2.33. The molecular formula is C7H8ClF3N2O2. The maximum absolute atomic E-state index is 12.3. The smallest absolute Gasteiger partial charge is 0.389 e. The summed E-state index contributed by atoms with van der Waals surface area (Å²) >= 11 is 5.21. The second kappa shape index (κ2) is 4.38. The average molecular weight is 245 g/mol. The van der Waals surface area contributed by atoms with Gasteiger partial charge in [0.1, 0.15) is 11.8 Å². The van der Waals surface area contributed by atoms with Crippen molar-refractivity contribution in [1.82, 2.24) is 10.2 Å². The Balaban J connectivity index is 3.00. The summed E-state index contributed by atoms with van der Waals surface area (Å²) in [6.45, 7) is 0. The molecule has 1 aromatic rings. The van der Waals surface area contributed by atoms with Gasteiger partial charge in [-0.1, -0.05) is 0 Å². The number of halogens is 4. The monoisotopic (exact) mass is 244 g/mol. The van der Waals surface area contributed by atoms with Gasteiger partial charge >= 0.3 is 6.18 Å². The summed E-state index contributed by atoms with van der Waals surface area (Å²) in [6, 6.07) is 0. The third-order valence-electron chi connectivity index (χ3n) is 1.79. The topological polar surface area (TPSA) is 69.1 Å². The van der Waals surface area contributed by atoms with E-state index in [-0.39, 0.29) is 5.88 Å². The minimum Gasteiger partial charge on any atom is -0.389 e. The van der Waals surface area contributed by atoms with Gasteiger partial charge < -0.3 is 10.2 Å². The first-order valence-electron chi connectivity index (χ1n) is 3.90. The van der Waals surface area contributed by atoms with Crippen molar-refractivity contribution in [3.63, 3.8) is 0 Å². The molecule has 3 N–H and O–H groups in total. The Hall–Kier alpha value is -0.790. The van der Waals surface area contributed by atoms with Crippen LogP contribution in [0.15, 0.2) is 6.20 Å². The molecule has 1 aromatic heterocycles. The lowest BCUT2D eigenvalue weighted by atomic mass is 10.1. The lowest BCUT2D eigenvalue weighted by molar-refractivity contribution is -0.143. The quantitative estimate of drug-likeness (QED) is 0.697. The lowest BCUT2D eigenvalue weighted by Crippen LogP contribution is -2.22. The number of alkyl halides is 4. The number of aliphatic hydroxyl groups is 2. The zero-order valence-electron chi connectivity index (χ0n) is 7.29. The number of hydrogen-bond acceptors (Lipinski definition) is 3. The van der Waals surface area contributed by atoms with Gasteiger partial charge in [-0.05, 0) is 0 Å². The third-order valence-corrected chi connectivity index (χ3v) is 2.11. The van der Waals surface area contributed by atoms with Crippen LogP contribution in [0.2, 0.25) is 0 Å². The van der Waals surface area contributed by atoms with Crippen molar-refractivity contribution in [2.24, 2.45) is 0 Å². The number of nitrogens with one attached hydrogen (secondary N) is 1. The van der Waals surface area contributed by atoms with Gasteiger partial charge in [0.25, 0.3) is 0 Å². The van der Waals surface area contributed by atoms with Crippen LogP contribution < -0.4 is 0 Å². The summed E-state index contributed by atoms with van der Waals surface area (Å²) in [7, 11) is 0. The first-order valence-corrected chi connectivity index (χ1v) is 4.44. The van der Waals surface area contributed by atoms with E-state index in [1.54, 1.807) is 5.10 Å². The van der Waals surface area contributed by atoms with Gasteiger partial charge in [-0.25, -0.2) is 0 Å². The minimum atomic E-state index is -4.65. The highest BCUT2D eigenvalue weighted by molar-refractivity contribution is 6.18. The second-order valence-corrected chi connectivity index (χ2v) is 3.17. The molecule has 1 heterocycles. The summed E-state index contributed by atoms with van der Waals surface area (Å²) in [5.74, 6) is -0.371. The molecule has 86 valence electrons. The molecular weight excluding hydrogens is 237 g/mol. The van der Waals surface area contributed by atoms with Crippen molar-refractivity contribution < 1.29 is 23.4 Å². The maximum atomic E-state index is 12.3. The molecule has 0 fully saturated rings. The normalized spacial score (nSPS) is 16.4. The molecule has 0 aliphatic carbocycles. The van der Waals surface area contributed by atoms with E-state index in [0.717, 1.165) is 6.20 Å². The molecule has 0 spiro atoms. The van der Waals surface area contributed by atoms with Crippen LogP contribution in [-0.4, -0.2) is 32.4 Å². The van der Waals surface area contributed by atoms with Gasteiger partial charge in [0.15, 0.2) is 0 Å². The highest BCUT2D eigenvalue weighted by atomic mass is 35.5. The van der Waals surface area contributed by atoms with E-state index in [0.29, 0.717) is 0 Å². The molecule has 15 heavy (non-hydrogen) atoms. The summed E-state index contributed by atoms with van der Waals surface area (Å²) in [5.41, 5.74) is -1.70. The van der Waals surface area contributed by atoms with E-state index in [1.807, 2.05) is 0 Å². The standard InChI is InChI=1S/C7H8ClF3N2O2/c8-1-4(14)5(15)3-2-12-13-6(3)7(9,10)11/h2,4-5,14-15H,1H2,(H,12,13). The third kappa shape index (κ3) is 2.61. The SMILES string of the molecule is OC(CCl)C(O)c1cn[nH]c1C(F)(F)F. The van der Waals surface area contributed by atoms with Crippen LogP contribution in [0.3, 0.4) is 0 Å². The van der Waals surface area contributed by atoms with Gasteiger partial charge in [0, 0.05) is 5.56 Å². The number of H-pyrrole nitrogens is 1. The van der Waals surface area contributed by atoms with Crippen molar-refractivity contribution in [2.45, 2.75) is 18.4 Å². The maximum Gasteiger partial charge on any atom is 0.433 e. The van der Waals surface area contributed by atoms with Crippen LogP contribution in [0.1, 0.15) is 17.4 Å². The predicted molar refractivity (Wildman–Crippen MR) is 45.3 cm³/mol. The van der Waals surface area contributed by atoms with Crippen LogP contribution in [-0.2, 0) is 6.18 Å². The van der Waals surface area contributed by atoms with E-state index >= 15 is 0 Å². The lowest BCUT2D eigenvalue weighted by Gasteiger charge is -2.16. The molecule has 0 aliphatic heterocycles. The Morgan fingerprint density at radius 2 is 2.07 bits per heavy atom. The fourth-order valence-corrected chi connectivity index (χ4v) is 1.21. The van der Waals surface area contributed by atoms with Gasteiger partial charge in [0.2, 0.25) is 0 Å². The number of aliphatic hydroxyl groups excluding tert-OH is 2. The molecule has 8 heteroatoms. The molecule has 0 saturated heterocycles. The molecule has 4 nitrogen and oxygen atoms in total. The van der Waals surface area contributed by atoms with Gasteiger partial charge in [-0.2, -0.15) is 18.3 Å². The second-order valence-electron chi connectivity index (χ2n) is 2.86. The molecule has 0 saturated carbocycles. The zero-order chi connectivity index (χ0) is 11.6. The van der Waals surface area contributed by atoms with E-state index in [4.69, 9.17) is 16.7 Å². The first kappa shape index (κ1) is 12.3. The van der Waals surface area contributed by atoms with Crippen molar-refractivity contribution >= 4 is 11.6 Å². The molecule has 0 radical (unpaired) electrons. The molecule has 0 aromatic carbocycles. The van der Waals surface area contributed by atoms with E-state index in [9.17, 15) is 18.3 Å². The Labute approximate surface area is 87.7 Å². The number of aromatic amines is 1. The van der Waals surface area contributed by atoms with Crippen molar-refractivity contribution in [3.8, 4) is 0 Å². The fraction of sp³-hybridized carbons (Fsp3) is 0.571. The Morgan fingerprint density at radius 3 is 2.53 bits per heavy atom. The van der Waals surface area contributed by atoms with Gasteiger partial charge in [0.05, 0.1) is 18.2 Å². The highest BCUT2D eigenvalue weighted by Gasteiger charge is 2.38.